The molecule has 3 aromatic rings. The van der Waals surface area contributed by atoms with Crippen molar-refractivity contribution in [1.82, 2.24) is 14.5 Å². The van der Waals surface area contributed by atoms with Gasteiger partial charge in [0.15, 0.2) is 0 Å². The van der Waals surface area contributed by atoms with E-state index < -0.39 is 0 Å². The van der Waals surface area contributed by atoms with Crippen LogP contribution in [0.4, 0.5) is 5.95 Å². The number of amides is 1. The van der Waals surface area contributed by atoms with Crippen molar-refractivity contribution in [1.29, 1.82) is 0 Å². The van der Waals surface area contributed by atoms with E-state index in [9.17, 15) is 4.79 Å². The van der Waals surface area contributed by atoms with E-state index in [1.807, 2.05) is 31.2 Å². The molecule has 5 nitrogen and oxygen atoms in total. The van der Waals surface area contributed by atoms with Crippen molar-refractivity contribution in [2.75, 3.05) is 5.32 Å². The van der Waals surface area contributed by atoms with E-state index in [0.717, 1.165) is 29.6 Å². The van der Waals surface area contributed by atoms with Gasteiger partial charge in [-0.05, 0) is 44.0 Å². The predicted octanol–water partition coefficient (Wildman–Crippen LogP) is 4.11. The summed E-state index contributed by atoms with van der Waals surface area (Å²) >= 11 is 0. The van der Waals surface area contributed by atoms with Crippen molar-refractivity contribution in [2.24, 2.45) is 0 Å². The number of para-hydroxylation sites is 2. The molecule has 0 radical (unpaired) electrons. The second kappa shape index (κ2) is 6.07. The van der Waals surface area contributed by atoms with Crippen LogP contribution in [0.3, 0.4) is 0 Å². The molecule has 5 heteroatoms. The monoisotopic (exact) mass is 320 g/mol. The number of anilines is 1. The second-order valence-corrected chi connectivity index (χ2v) is 6.37. The van der Waals surface area contributed by atoms with E-state index in [4.69, 9.17) is 0 Å². The molecular weight excluding hydrogens is 300 g/mol. The third-order valence-electron chi connectivity index (χ3n) is 4.68. The Balaban J connectivity index is 1.71. The molecule has 1 saturated carbocycles. The fourth-order valence-corrected chi connectivity index (χ4v) is 3.44. The molecule has 24 heavy (non-hydrogen) atoms. The fourth-order valence-electron chi connectivity index (χ4n) is 3.44. The van der Waals surface area contributed by atoms with Crippen LogP contribution < -0.4 is 5.32 Å². The molecule has 1 N–H and O–H groups in total. The predicted molar refractivity (Wildman–Crippen MR) is 94.2 cm³/mol. The summed E-state index contributed by atoms with van der Waals surface area (Å²) in [7, 11) is 0. The highest BCUT2D eigenvalue weighted by Crippen LogP contribution is 2.35. The topological polar surface area (TPSA) is 59.8 Å². The summed E-state index contributed by atoms with van der Waals surface area (Å²) in [6.07, 6.45) is 6.33. The number of carbonyl (C=O) groups excluding carboxylic acids is 1. The van der Waals surface area contributed by atoms with Gasteiger partial charge in [-0.25, -0.2) is 4.98 Å². The first kappa shape index (κ1) is 14.9. The Labute approximate surface area is 140 Å². The number of carbonyl (C=O) groups is 1. The molecule has 0 atom stereocenters. The van der Waals surface area contributed by atoms with Crippen LogP contribution in [0, 0.1) is 6.92 Å². The standard InChI is InChI=1S/C19H20N4O/c1-13-10-11-14(12-20-13)18(24)22-19-21-16-8-4-5-9-17(16)23(19)15-6-2-3-7-15/h4-5,8-12,15H,2-3,6-7H2,1H3,(H,21,22,24). The molecule has 1 aliphatic rings. The van der Waals surface area contributed by atoms with Gasteiger partial charge in [-0.3, -0.25) is 15.1 Å². The number of hydrogen-bond acceptors (Lipinski definition) is 3. The lowest BCUT2D eigenvalue weighted by Gasteiger charge is -2.16. The molecule has 2 heterocycles. The highest BCUT2D eigenvalue weighted by atomic mass is 16.1. The molecule has 2 aromatic heterocycles. The van der Waals surface area contributed by atoms with Gasteiger partial charge in [0.2, 0.25) is 5.95 Å². The van der Waals surface area contributed by atoms with Crippen LogP contribution in [0.2, 0.25) is 0 Å². The van der Waals surface area contributed by atoms with Gasteiger partial charge in [0, 0.05) is 17.9 Å². The molecule has 4 rings (SSSR count). The van der Waals surface area contributed by atoms with Crippen LogP contribution in [-0.2, 0) is 0 Å². The van der Waals surface area contributed by atoms with E-state index >= 15 is 0 Å². The van der Waals surface area contributed by atoms with Crippen LogP contribution in [-0.4, -0.2) is 20.4 Å². The van der Waals surface area contributed by atoms with Crippen LogP contribution in [0.25, 0.3) is 11.0 Å². The third kappa shape index (κ3) is 2.66. The summed E-state index contributed by atoms with van der Waals surface area (Å²) < 4.78 is 2.20. The Kier molecular flexibility index (Phi) is 3.76. The van der Waals surface area contributed by atoms with Gasteiger partial charge in [-0.15, -0.1) is 0 Å². The molecule has 0 saturated heterocycles. The molecule has 1 amide bonds. The zero-order valence-electron chi connectivity index (χ0n) is 13.7. The van der Waals surface area contributed by atoms with Gasteiger partial charge >= 0.3 is 0 Å². The summed E-state index contributed by atoms with van der Waals surface area (Å²) in [5, 5.41) is 2.99. The lowest BCUT2D eigenvalue weighted by atomic mass is 10.2. The Hall–Kier alpha value is -2.69. The maximum absolute atomic E-state index is 12.6. The number of hydrogen-bond donors (Lipinski definition) is 1. The largest absolute Gasteiger partial charge is 0.307 e. The lowest BCUT2D eigenvalue weighted by molar-refractivity contribution is 0.102. The fraction of sp³-hybridized carbons (Fsp3) is 0.316. The van der Waals surface area contributed by atoms with Gasteiger partial charge < -0.3 is 4.57 Å². The molecule has 1 fully saturated rings. The lowest BCUT2D eigenvalue weighted by Crippen LogP contribution is -2.18. The number of benzene rings is 1. The molecule has 0 aliphatic heterocycles. The number of nitrogens with one attached hydrogen (secondary N) is 1. The third-order valence-corrected chi connectivity index (χ3v) is 4.68. The minimum atomic E-state index is -0.169. The molecule has 1 aromatic carbocycles. The van der Waals surface area contributed by atoms with E-state index in [2.05, 4.69) is 25.9 Å². The summed E-state index contributed by atoms with van der Waals surface area (Å²) in [6, 6.07) is 12.1. The number of aryl methyl sites for hydroxylation is 1. The van der Waals surface area contributed by atoms with Gasteiger partial charge in [0.05, 0.1) is 16.6 Å². The molecule has 1 aliphatic carbocycles. The van der Waals surface area contributed by atoms with Gasteiger partial charge in [0.25, 0.3) is 5.91 Å². The summed E-state index contributed by atoms with van der Waals surface area (Å²) in [5.41, 5.74) is 3.44. The normalized spacial score (nSPS) is 15.0. The Morgan fingerprint density at radius 1 is 1.17 bits per heavy atom. The van der Waals surface area contributed by atoms with E-state index in [0.29, 0.717) is 17.6 Å². The quantitative estimate of drug-likeness (QED) is 0.790. The van der Waals surface area contributed by atoms with Crippen LogP contribution in [0.1, 0.15) is 47.8 Å². The Morgan fingerprint density at radius 3 is 2.71 bits per heavy atom. The average Bonchev–Trinajstić information content (AvgIpc) is 3.22. The second-order valence-electron chi connectivity index (χ2n) is 6.37. The zero-order valence-corrected chi connectivity index (χ0v) is 13.7. The first-order chi connectivity index (χ1) is 11.7. The highest BCUT2D eigenvalue weighted by Gasteiger charge is 2.23. The number of rotatable bonds is 3. The number of nitrogens with zero attached hydrogens (tertiary/aromatic N) is 3. The van der Waals surface area contributed by atoms with E-state index in [1.165, 1.54) is 12.8 Å². The number of aromatic nitrogens is 3. The van der Waals surface area contributed by atoms with Crippen molar-refractivity contribution in [3.63, 3.8) is 0 Å². The minimum Gasteiger partial charge on any atom is -0.307 e. The van der Waals surface area contributed by atoms with Crippen molar-refractivity contribution in [3.05, 3.63) is 53.9 Å². The molecule has 0 unspecified atom stereocenters. The SMILES string of the molecule is Cc1ccc(C(=O)Nc2nc3ccccc3n2C2CCCC2)cn1. The van der Waals surface area contributed by atoms with Gasteiger partial charge in [-0.1, -0.05) is 25.0 Å². The Morgan fingerprint density at radius 2 is 1.96 bits per heavy atom. The van der Waals surface area contributed by atoms with Gasteiger partial charge in [-0.2, -0.15) is 0 Å². The van der Waals surface area contributed by atoms with Crippen LogP contribution >= 0.6 is 0 Å². The van der Waals surface area contributed by atoms with Crippen LogP contribution in [0.15, 0.2) is 42.6 Å². The number of fused-ring (bicyclic) bond motifs is 1. The molecule has 0 bridgehead atoms. The van der Waals surface area contributed by atoms with Crippen molar-refractivity contribution in [3.8, 4) is 0 Å². The highest BCUT2D eigenvalue weighted by molar-refractivity contribution is 6.03. The molecular formula is C19H20N4O. The first-order valence-electron chi connectivity index (χ1n) is 8.43. The van der Waals surface area contributed by atoms with E-state index in [-0.39, 0.29) is 5.91 Å². The number of pyridine rings is 1. The summed E-state index contributed by atoms with van der Waals surface area (Å²) in [5.74, 6) is 0.464. The maximum atomic E-state index is 12.6. The minimum absolute atomic E-state index is 0.169. The molecule has 0 spiro atoms. The van der Waals surface area contributed by atoms with Crippen molar-refractivity contribution in [2.45, 2.75) is 38.6 Å². The van der Waals surface area contributed by atoms with Crippen LogP contribution in [0.5, 0.6) is 0 Å². The summed E-state index contributed by atoms with van der Waals surface area (Å²) in [4.78, 5) is 21.4. The first-order valence-corrected chi connectivity index (χ1v) is 8.43. The summed E-state index contributed by atoms with van der Waals surface area (Å²) in [6.45, 7) is 1.90. The maximum Gasteiger partial charge on any atom is 0.259 e. The smallest absolute Gasteiger partial charge is 0.259 e. The van der Waals surface area contributed by atoms with Gasteiger partial charge in [0.1, 0.15) is 0 Å². The number of imidazole rings is 1. The zero-order chi connectivity index (χ0) is 16.5. The van der Waals surface area contributed by atoms with E-state index in [1.54, 1.807) is 12.3 Å². The Bertz CT molecular complexity index is 876. The molecule has 122 valence electrons. The average molecular weight is 320 g/mol. The van der Waals surface area contributed by atoms with Crippen molar-refractivity contribution >= 4 is 22.9 Å². The van der Waals surface area contributed by atoms with Crippen molar-refractivity contribution < 1.29 is 4.79 Å².